The summed E-state index contributed by atoms with van der Waals surface area (Å²) in [5.41, 5.74) is 0. The molecule has 0 spiro atoms. The van der Waals surface area contributed by atoms with Crippen molar-refractivity contribution in [2.45, 2.75) is 91.2 Å². The normalized spacial score (nSPS) is 13.2. The standard InChI is InChI=1S/C20H48N2OSi2/c1-9-15-21(16-10-2)18-19-22(25(11-3,12-4)13-5)17-14-20-24(7,8)23-6/h9-20H2,1-8H3. The van der Waals surface area contributed by atoms with Gasteiger partial charge in [-0.15, -0.1) is 0 Å². The van der Waals surface area contributed by atoms with Crippen LogP contribution in [0.25, 0.3) is 0 Å². The second-order valence-corrected chi connectivity index (χ2v) is 17.8. The lowest BCUT2D eigenvalue weighted by molar-refractivity contribution is 0.245. The topological polar surface area (TPSA) is 15.7 Å². The maximum atomic E-state index is 5.77. The molecule has 0 rings (SSSR count). The Hall–Kier alpha value is 0.314. The van der Waals surface area contributed by atoms with E-state index in [1.165, 1.54) is 76.2 Å². The zero-order valence-corrected chi connectivity index (χ0v) is 20.8. The first-order valence-corrected chi connectivity index (χ1v) is 16.6. The molecule has 0 radical (unpaired) electrons. The van der Waals surface area contributed by atoms with Gasteiger partial charge in [0.25, 0.3) is 0 Å². The fraction of sp³-hybridized carbons (Fsp3) is 1.00. The molecule has 25 heavy (non-hydrogen) atoms. The van der Waals surface area contributed by atoms with Gasteiger partial charge < -0.3 is 13.9 Å². The lowest BCUT2D eigenvalue weighted by Crippen LogP contribution is -2.55. The summed E-state index contributed by atoms with van der Waals surface area (Å²) in [5.74, 6) is 0. The van der Waals surface area contributed by atoms with Gasteiger partial charge in [-0.25, -0.2) is 0 Å². The summed E-state index contributed by atoms with van der Waals surface area (Å²) in [6, 6.07) is 5.47. The van der Waals surface area contributed by atoms with Gasteiger partial charge in [0.15, 0.2) is 8.32 Å². The molecule has 0 aliphatic heterocycles. The van der Waals surface area contributed by atoms with Gasteiger partial charge in [-0.1, -0.05) is 34.6 Å². The molecule has 0 aliphatic carbocycles. The molecule has 3 nitrogen and oxygen atoms in total. The minimum Gasteiger partial charge on any atom is -0.420 e. The van der Waals surface area contributed by atoms with Crippen LogP contribution in [0.15, 0.2) is 0 Å². The van der Waals surface area contributed by atoms with E-state index >= 15 is 0 Å². The molecule has 0 saturated carbocycles. The van der Waals surface area contributed by atoms with Crippen molar-refractivity contribution in [2.24, 2.45) is 0 Å². The summed E-state index contributed by atoms with van der Waals surface area (Å²) < 4.78 is 8.73. The first-order valence-electron chi connectivity index (χ1n) is 10.9. The summed E-state index contributed by atoms with van der Waals surface area (Å²) in [7, 11) is -0.807. The Labute approximate surface area is 161 Å². The van der Waals surface area contributed by atoms with Crippen molar-refractivity contribution in [3.63, 3.8) is 0 Å². The van der Waals surface area contributed by atoms with Gasteiger partial charge in [0.2, 0.25) is 0 Å². The van der Waals surface area contributed by atoms with Crippen LogP contribution in [0.5, 0.6) is 0 Å². The van der Waals surface area contributed by atoms with Gasteiger partial charge in [0, 0.05) is 20.2 Å². The van der Waals surface area contributed by atoms with Crippen molar-refractivity contribution in [1.29, 1.82) is 0 Å². The van der Waals surface area contributed by atoms with Crippen molar-refractivity contribution < 1.29 is 4.43 Å². The third-order valence-corrected chi connectivity index (χ3v) is 14.6. The van der Waals surface area contributed by atoms with Gasteiger partial charge in [0.1, 0.15) is 8.24 Å². The lowest BCUT2D eigenvalue weighted by Gasteiger charge is -2.42. The van der Waals surface area contributed by atoms with Crippen molar-refractivity contribution in [3.05, 3.63) is 0 Å². The molecule has 5 heteroatoms. The fourth-order valence-electron chi connectivity index (χ4n) is 4.03. The van der Waals surface area contributed by atoms with Crippen LogP contribution in [0.4, 0.5) is 0 Å². The first-order chi connectivity index (χ1) is 11.8. The summed E-state index contributed by atoms with van der Waals surface area (Å²) in [6.07, 6.45) is 3.85. The molecular formula is C20H48N2OSi2. The third kappa shape index (κ3) is 9.18. The highest BCUT2D eigenvalue weighted by Crippen LogP contribution is 2.26. The Morgan fingerprint density at radius 1 is 0.720 bits per heavy atom. The molecule has 0 saturated heterocycles. The lowest BCUT2D eigenvalue weighted by atomic mass is 10.3. The average molecular weight is 389 g/mol. The molecule has 0 heterocycles. The van der Waals surface area contributed by atoms with Crippen molar-refractivity contribution in [1.82, 2.24) is 9.47 Å². The van der Waals surface area contributed by atoms with Crippen LogP contribution in [0, 0.1) is 0 Å². The van der Waals surface area contributed by atoms with E-state index in [2.05, 4.69) is 57.2 Å². The van der Waals surface area contributed by atoms with E-state index in [1.807, 2.05) is 7.11 Å². The third-order valence-electron chi connectivity index (χ3n) is 6.17. The molecule has 0 aromatic rings. The van der Waals surface area contributed by atoms with Gasteiger partial charge in [-0.05, 0) is 76.2 Å². The highest BCUT2D eigenvalue weighted by atomic mass is 28.4. The second-order valence-electron chi connectivity index (χ2n) is 8.18. The van der Waals surface area contributed by atoms with E-state index < -0.39 is 16.6 Å². The SMILES string of the molecule is CCCN(CCC)CCN(CCC[Si](C)(C)OC)[Si](CC)(CC)CC. The largest absolute Gasteiger partial charge is 0.420 e. The van der Waals surface area contributed by atoms with E-state index in [9.17, 15) is 0 Å². The summed E-state index contributed by atoms with van der Waals surface area (Å²) in [4.78, 5) is 2.68. The molecule has 0 atom stereocenters. The number of nitrogens with zero attached hydrogens (tertiary/aromatic N) is 2. The maximum Gasteiger partial charge on any atom is 0.186 e. The molecule has 152 valence electrons. The van der Waals surface area contributed by atoms with E-state index in [-0.39, 0.29) is 0 Å². The Morgan fingerprint density at radius 3 is 1.64 bits per heavy atom. The Bertz CT molecular complexity index is 309. The average Bonchev–Trinajstić information content (AvgIpc) is 2.61. The van der Waals surface area contributed by atoms with Crippen LogP contribution in [0.1, 0.15) is 53.9 Å². The zero-order valence-electron chi connectivity index (χ0n) is 18.8. The second kappa shape index (κ2) is 13.5. The Kier molecular flexibility index (Phi) is 13.6. The molecule has 0 aromatic carbocycles. The molecule has 0 aromatic heterocycles. The van der Waals surface area contributed by atoms with Crippen LogP contribution >= 0.6 is 0 Å². The number of rotatable bonds is 16. The van der Waals surface area contributed by atoms with E-state index in [4.69, 9.17) is 4.43 Å². The molecule has 0 fully saturated rings. The minimum absolute atomic E-state index is 1.25. The fourth-order valence-corrected chi connectivity index (χ4v) is 9.30. The highest BCUT2D eigenvalue weighted by Gasteiger charge is 2.34. The quantitative estimate of drug-likeness (QED) is 0.317. The predicted octanol–water partition coefficient (Wildman–Crippen LogP) is 5.66. The molecule has 0 unspecified atom stereocenters. The van der Waals surface area contributed by atoms with Crippen molar-refractivity contribution >= 4 is 16.6 Å². The van der Waals surface area contributed by atoms with E-state index in [0.717, 1.165) is 0 Å². The summed E-state index contributed by atoms with van der Waals surface area (Å²) >= 11 is 0. The van der Waals surface area contributed by atoms with Crippen LogP contribution in [0.2, 0.25) is 37.3 Å². The Balaban J connectivity index is 4.93. The van der Waals surface area contributed by atoms with Crippen LogP contribution in [-0.2, 0) is 4.43 Å². The molecular weight excluding hydrogens is 340 g/mol. The smallest absolute Gasteiger partial charge is 0.186 e. The van der Waals surface area contributed by atoms with Crippen LogP contribution in [0.3, 0.4) is 0 Å². The minimum atomic E-state index is -1.43. The first kappa shape index (κ1) is 25.3. The van der Waals surface area contributed by atoms with Crippen molar-refractivity contribution in [2.75, 3.05) is 39.8 Å². The van der Waals surface area contributed by atoms with Crippen LogP contribution in [-0.4, -0.2) is 65.9 Å². The predicted molar refractivity (Wildman–Crippen MR) is 120 cm³/mol. The maximum absolute atomic E-state index is 5.77. The van der Waals surface area contributed by atoms with E-state index in [1.54, 1.807) is 0 Å². The number of hydrogen-bond donors (Lipinski definition) is 0. The number of hydrogen-bond acceptors (Lipinski definition) is 3. The summed E-state index contributed by atoms with van der Waals surface area (Å²) in [6.45, 7) is 23.0. The van der Waals surface area contributed by atoms with E-state index in [0.29, 0.717) is 0 Å². The van der Waals surface area contributed by atoms with Gasteiger partial charge in [-0.2, -0.15) is 0 Å². The monoisotopic (exact) mass is 388 g/mol. The van der Waals surface area contributed by atoms with Crippen LogP contribution < -0.4 is 0 Å². The highest BCUT2D eigenvalue weighted by molar-refractivity contribution is 6.77. The van der Waals surface area contributed by atoms with Gasteiger partial charge in [-0.3, -0.25) is 0 Å². The summed E-state index contributed by atoms with van der Waals surface area (Å²) in [5, 5.41) is 0. The Morgan fingerprint density at radius 2 is 1.24 bits per heavy atom. The molecule has 0 bridgehead atoms. The molecule has 0 amide bonds. The van der Waals surface area contributed by atoms with Gasteiger partial charge in [0.05, 0.1) is 0 Å². The van der Waals surface area contributed by atoms with Gasteiger partial charge >= 0.3 is 0 Å². The molecule has 0 aliphatic rings. The molecule has 0 N–H and O–H groups in total. The van der Waals surface area contributed by atoms with Crippen molar-refractivity contribution in [3.8, 4) is 0 Å². The zero-order chi connectivity index (χ0) is 19.3.